The summed E-state index contributed by atoms with van der Waals surface area (Å²) in [7, 11) is 0. The van der Waals surface area contributed by atoms with Gasteiger partial charge in [-0.1, -0.05) is 23.7 Å². The van der Waals surface area contributed by atoms with Crippen molar-refractivity contribution in [2.24, 2.45) is 5.73 Å². The van der Waals surface area contributed by atoms with Gasteiger partial charge >= 0.3 is 0 Å². The van der Waals surface area contributed by atoms with Crippen LogP contribution in [0.25, 0.3) is 11.1 Å². The summed E-state index contributed by atoms with van der Waals surface area (Å²) in [5.74, 6) is -0.510. The molecule has 0 spiro atoms. The average Bonchev–Trinajstić information content (AvgIpc) is 2.61. The molecule has 82 valence electrons. The molecule has 0 bridgehead atoms. The molecule has 16 heavy (non-hydrogen) atoms. The lowest BCUT2D eigenvalue weighted by Gasteiger charge is -2.02. The van der Waals surface area contributed by atoms with Crippen molar-refractivity contribution in [2.45, 2.75) is 0 Å². The van der Waals surface area contributed by atoms with Crippen LogP contribution in [0.1, 0.15) is 10.4 Å². The Morgan fingerprint density at radius 2 is 1.88 bits per heavy atom. The van der Waals surface area contributed by atoms with E-state index in [4.69, 9.17) is 23.1 Å². The zero-order chi connectivity index (χ0) is 11.7. The third-order valence-electron chi connectivity index (χ3n) is 2.22. The van der Waals surface area contributed by atoms with Crippen molar-refractivity contribution >= 4 is 33.8 Å². The quantitative estimate of drug-likeness (QED) is 0.863. The monoisotopic (exact) mass is 252 g/mol. The van der Waals surface area contributed by atoms with Crippen molar-refractivity contribution in [3.05, 3.63) is 40.2 Å². The van der Waals surface area contributed by atoms with Crippen molar-refractivity contribution in [1.82, 2.24) is 0 Å². The topological polar surface area (TPSA) is 69.1 Å². The van der Waals surface area contributed by atoms with Crippen molar-refractivity contribution in [3.8, 4) is 11.1 Å². The van der Waals surface area contributed by atoms with Crippen LogP contribution >= 0.6 is 22.9 Å². The van der Waals surface area contributed by atoms with E-state index in [0.717, 1.165) is 11.1 Å². The smallest absolute Gasteiger partial charge is 0.252 e. The number of carbonyl (C=O) groups excluding carboxylic acids is 1. The molecule has 0 unspecified atom stereocenters. The number of hydrogen-bond donors (Lipinski definition) is 2. The second-order valence-electron chi connectivity index (χ2n) is 3.26. The predicted molar refractivity (Wildman–Crippen MR) is 67.7 cm³/mol. The summed E-state index contributed by atoms with van der Waals surface area (Å²) in [6.45, 7) is 0. The van der Waals surface area contributed by atoms with Crippen molar-refractivity contribution in [3.63, 3.8) is 0 Å². The van der Waals surface area contributed by atoms with Crippen LogP contribution in [0.2, 0.25) is 5.02 Å². The Kier molecular flexibility index (Phi) is 2.85. The van der Waals surface area contributed by atoms with E-state index in [0.29, 0.717) is 15.6 Å². The summed E-state index contributed by atoms with van der Waals surface area (Å²) in [4.78, 5) is 11.3. The average molecular weight is 253 g/mol. The Balaban J connectivity index is 2.56. The molecule has 0 atom stereocenters. The lowest BCUT2D eigenvalue weighted by molar-refractivity contribution is 0.100. The van der Waals surface area contributed by atoms with Crippen molar-refractivity contribution in [1.29, 1.82) is 0 Å². The van der Waals surface area contributed by atoms with Gasteiger partial charge in [-0.3, -0.25) is 4.79 Å². The highest BCUT2D eigenvalue weighted by Gasteiger charge is 2.15. The molecular weight excluding hydrogens is 244 g/mol. The van der Waals surface area contributed by atoms with E-state index in [1.165, 1.54) is 11.3 Å². The minimum atomic E-state index is -0.510. The van der Waals surface area contributed by atoms with Gasteiger partial charge in [0, 0.05) is 16.0 Å². The molecule has 1 aromatic carbocycles. The van der Waals surface area contributed by atoms with Crippen LogP contribution < -0.4 is 11.5 Å². The van der Waals surface area contributed by atoms with E-state index in [1.54, 1.807) is 12.1 Å². The summed E-state index contributed by atoms with van der Waals surface area (Å²) in [6.07, 6.45) is 0. The summed E-state index contributed by atoms with van der Waals surface area (Å²) in [5, 5.41) is 2.91. The highest BCUT2D eigenvalue weighted by molar-refractivity contribution is 7.15. The number of halogens is 1. The van der Waals surface area contributed by atoms with Crippen molar-refractivity contribution in [2.75, 3.05) is 5.73 Å². The van der Waals surface area contributed by atoms with E-state index in [2.05, 4.69) is 0 Å². The first-order valence-electron chi connectivity index (χ1n) is 4.52. The van der Waals surface area contributed by atoms with Crippen LogP contribution in [0.3, 0.4) is 0 Å². The first kappa shape index (κ1) is 11.0. The van der Waals surface area contributed by atoms with Gasteiger partial charge in [0.1, 0.15) is 0 Å². The van der Waals surface area contributed by atoms with Crippen LogP contribution in [0.15, 0.2) is 29.6 Å². The summed E-state index contributed by atoms with van der Waals surface area (Å²) < 4.78 is 0. The maximum Gasteiger partial charge on any atom is 0.252 e. The number of amides is 1. The Labute approximate surface area is 102 Å². The number of primary amides is 1. The van der Waals surface area contributed by atoms with E-state index in [-0.39, 0.29) is 0 Å². The minimum Gasteiger partial charge on any atom is -0.390 e. The SMILES string of the molecule is NC(=O)c1c(-c2ccc(Cl)cc2)csc1N. The van der Waals surface area contributed by atoms with Gasteiger partial charge in [0.25, 0.3) is 5.91 Å². The first-order valence-corrected chi connectivity index (χ1v) is 5.78. The number of carbonyl (C=O) groups is 1. The number of hydrogen-bond acceptors (Lipinski definition) is 3. The number of anilines is 1. The van der Waals surface area contributed by atoms with Gasteiger partial charge in [-0.25, -0.2) is 0 Å². The van der Waals surface area contributed by atoms with Crippen LogP contribution in [-0.4, -0.2) is 5.91 Å². The number of nitrogens with two attached hydrogens (primary N) is 2. The van der Waals surface area contributed by atoms with E-state index < -0.39 is 5.91 Å². The Hall–Kier alpha value is -1.52. The number of thiophene rings is 1. The lowest BCUT2D eigenvalue weighted by Crippen LogP contribution is -2.12. The Morgan fingerprint density at radius 1 is 1.25 bits per heavy atom. The molecule has 0 saturated heterocycles. The highest BCUT2D eigenvalue weighted by Crippen LogP contribution is 2.33. The summed E-state index contributed by atoms with van der Waals surface area (Å²) in [6, 6.07) is 7.18. The summed E-state index contributed by atoms with van der Waals surface area (Å²) >= 11 is 7.10. The van der Waals surface area contributed by atoms with Gasteiger partial charge in [-0.15, -0.1) is 11.3 Å². The maximum absolute atomic E-state index is 11.3. The molecule has 3 nitrogen and oxygen atoms in total. The number of benzene rings is 1. The lowest BCUT2D eigenvalue weighted by atomic mass is 10.0. The van der Waals surface area contributed by atoms with E-state index in [1.807, 2.05) is 17.5 Å². The zero-order valence-corrected chi connectivity index (χ0v) is 9.81. The number of nitrogen functional groups attached to an aromatic ring is 1. The molecule has 1 heterocycles. The third kappa shape index (κ3) is 1.89. The fourth-order valence-corrected chi connectivity index (χ4v) is 2.42. The molecule has 2 rings (SSSR count). The van der Waals surface area contributed by atoms with Crippen LogP contribution in [0, 0.1) is 0 Å². The molecule has 0 aliphatic heterocycles. The number of rotatable bonds is 2. The highest BCUT2D eigenvalue weighted by atomic mass is 35.5. The second-order valence-corrected chi connectivity index (χ2v) is 4.61. The van der Waals surface area contributed by atoms with E-state index in [9.17, 15) is 4.79 Å². The fourth-order valence-electron chi connectivity index (χ4n) is 1.47. The molecule has 0 aliphatic carbocycles. The normalized spacial score (nSPS) is 10.3. The molecule has 0 aliphatic rings. The maximum atomic E-state index is 11.3. The van der Waals surface area contributed by atoms with Gasteiger partial charge in [0.05, 0.1) is 10.6 Å². The van der Waals surface area contributed by atoms with Gasteiger partial charge in [0.15, 0.2) is 0 Å². The Morgan fingerprint density at radius 3 is 2.44 bits per heavy atom. The van der Waals surface area contributed by atoms with Gasteiger partial charge in [-0.2, -0.15) is 0 Å². The molecule has 4 N–H and O–H groups in total. The molecule has 1 amide bonds. The molecule has 2 aromatic rings. The molecule has 5 heteroatoms. The predicted octanol–water partition coefficient (Wildman–Crippen LogP) is 2.75. The minimum absolute atomic E-state index is 0.382. The molecule has 0 saturated carbocycles. The second kappa shape index (κ2) is 4.15. The van der Waals surface area contributed by atoms with Crippen molar-refractivity contribution < 1.29 is 4.79 Å². The van der Waals surface area contributed by atoms with Crippen LogP contribution in [-0.2, 0) is 0 Å². The van der Waals surface area contributed by atoms with Crippen LogP contribution in [0.5, 0.6) is 0 Å². The first-order chi connectivity index (χ1) is 7.59. The third-order valence-corrected chi connectivity index (χ3v) is 3.28. The van der Waals surface area contributed by atoms with E-state index >= 15 is 0 Å². The standard InChI is InChI=1S/C11H9ClN2OS/c12-7-3-1-6(2-4-7)8-5-16-11(14)9(8)10(13)15/h1-5H,14H2,(H2,13,15). The van der Waals surface area contributed by atoms with Gasteiger partial charge in [-0.05, 0) is 17.7 Å². The molecule has 1 aromatic heterocycles. The molecular formula is C11H9ClN2OS. The molecule has 0 radical (unpaired) electrons. The largest absolute Gasteiger partial charge is 0.390 e. The molecule has 0 fully saturated rings. The fraction of sp³-hybridized carbons (Fsp3) is 0. The van der Waals surface area contributed by atoms with Gasteiger partial charge in [0.2, 0.25) is 0 Å². The van der Waals surface area contributed by atoms with Crippen LogP contribution in [0.4, 0.5) is 5.00 Å². The Bertz CT molecular complexity index is 533. The van der Waals surface area contributed by atoms with Gasteiger partial charge < -0.3 is 11.5 Å². The zero-order valence-electron chi connectivity index (χ0n) is 8.24. The summed E-state index contributed by atoms with van der Waals surface area (Å²) in [5.41, 5.74) is 13.0.